The lowest BCUT2D eigenvalue weighted by atomic mass is 9.99. The lowest BCUT2D eigenvalue weighted by molar-refractivity contribution is -0.150. The molecular weight excluding hydrogens is 426 g/mol. The number of hydrogen-bond acceptors (Lipinski definition) is 7. The molecule has 1 saturated heterocycles. The molecule has 0 radical (unpaired) electrons. The zero-order valence-corrected chi connectivity index (χ0v) is 19.9. The second kappa shape index (κ2) is 9.79. The van der Waals surface area contributed by atoms with Crippen LogP contribution in [0.15, 0.2) is 30.3 Å². The third kappa shape index (κ3) is 5.27. The zero-order chi connectivity index (χ0) is 24.3. The number of benzene rings is 2. The van der Waals surface area contributed by atoms with Gasteiger partial charge in [-0.15, -0.1) is 0 Å². The van der Waals surface area contributed by atoms with Crippen LogP contribution in [0.2, 0.25) is 0 Å². The Hall–Kier alpha value is -3.13. The van der Waals surface area contributed by atoms with Crippen LogP contribution < -0.4 is 10.1 Å². The SMILES string of the molecule is CCOC(=O)[C@@H](NC(=O)[C@@H](OC(=O)c1cc(OC)cc2c(C)cccc12)[C@]1(C)CO1)C(C)C. The van der Waals surface area contributed by atoms with Crippen LogP contribution in [0.1, 0.15) is 43.6 Å². The maximum Gasteiger partial charge on any atom is 0.339 e. The summed E-state index contributed by atoms with van der Waals surface area (Å²) in [6.07, 6.45) is -1.24. The van der Waals surface area contributed by atoms with Gasteiger partial charge in [0.05, 0.1) is 25.9 Å². The van der Waals surface area contributed by atoms with Gasteiger partial charge in [0.1, 0.15) is 17.4 Å². The number of ether oxygens (including phenoxy) is 4. The summed E-state index contributed by atoms with van der Waals surface area (Å²) in [7, 11) is 1.52. The maximum atomic E-state index is 13.3. The molecule has 0 unspecified atom stereocenters. The van der Waals surface area contributed by atoms with E-state index in [0.29, 0.717) is 11.1 Å². The van der Waals surface area contributed by atoms with Gasteiger partial charge >= 0.3 is 11.9 Å². The molecule has 1 aliphatic heterocycles. The van der Waals surface area contributed by atoms with Crippen LogP contribution in [-0.4, -0.2) is 55.9 Å². The Morgan fingerprint density at radius 1 is 1.18 bits per heavy atom. The summed E-state index contributed by atoms with van der Waals surface area (Å²) in [6, 6.07) is 8.17. The zero-order valence-electron chi connectivity index (χ0n) is 19.9. The smallest absolute Gasteiger partial charge is 0.339 e. The van der Waals surface area contributed by atoms with Crippen LogP contribution in [0, 0.1) is 12.8 Å². The molecule has 1 heterocycles. The van der Waals surface area contributed by atoms with Gasteiger partial charge < -0.3 is 24.3 Å². The highest BCUT2D eigenvalue weighted by molar-refractivity contribution is 6.07. The van der Waals surface area contributed by atoms with Crippen LogP contribution in [0.25, 0.3) is 10.8 Å². The van der Waals surface area contributed by atoms with Crippen molar-refractivity contribution in [3.05, 3.63) is 41.5 Å². The highest BCUT2D eigenvalue weighted by Gasteiger charge is 2.54. The number of nitrogens with one attached hydrogen (secondary N) is 1. The largest absolute Gasteiger partial charge is 0.497 e. The van der Waals surface area contributed by atoms with E-state index < -0.39 is 35.6 Å². The van der Waals surface area contributed by atoms with Crippen LogP contribution >= 0.6 is 0 Å². The standard InChI is InChI=1S/C25H31NO7/c1-7-31-24(29)20(14(2)3)26-22(27)21(25(5)13-32-25)33-23(28)19-12-16(30-6)11-18-15(4)9-8-10-17(18)19/h8-12,14,20-21H,7,13H2,1-6H3,(H,26,27)/t20-,21+,25-/m0/s1. The van der Waals surface area contributed by atoms with E-state index in [4.69, 9.17) is 18.9 Å². The Bertz CT molecular complexity index is 1060. The molecule has 2 aromatic carbocycles. The van der Waals surface area contributed by atoms with Crippen molar-refractivity contribution in [3.63, 3.8) is 0 Å². The molecule has 8 nitrogen and oxygen atoms in total. The molecule has 3 rings (SSSR count). The lowest BCUT2D eigenvalue weighted by Gasteiger charge is -2.26. The fourth-order valence-electron chi connectivity index (χ4n) is 3.65. The molecule has 1 amide bonds. The number of carbonyl (C=O) groups is 3. The number of carbonyl (C=O) groups excluding carboxylic acids is 3. The number of fused-ring (bicyclic) bond motifs is 1. The normalized spacial score (nSPS) is 19.0. The minimum Gasteiger partial charge on any atom is -0.497 e. The molecule has 2 aromatic rings. The summed E-state index contributed by atoms with van der Waals surface area (Å²) in [5.74, 6) is -1.55. The van der Waals surface area contributed by atoms with Crippen LogP contribution in [0.4, 0.5) is 0 Å². The van der Waals surface area contributed by atoms with Gasteiger partial charge in [0.15, 0.2) is 0 Å². The maximum absolute atomic E-state index is 13.3. The number of rotatable bonds is 9. The minimum absolute atomic E-state index is 0.194. The summed E-state index contributed by atoms with van der Waals surface area (Å²) in [5.41, 5.74) is 0.280. The summed E-state index contributed by atoms with van der Waals surface area (Å²) in [6.45, 7) is 9.36. The highest BCUT2D eigenvalue weighted by atomic mass is 16.6. The molecule has 0 spiro atoms. The first-order valence-corrected chi connectivity index (χ1v) is 11.0. The second-order valence-electron chi connectivity index (χ2n) is 8.71. The first-order chi connectivity index (χ1) is 15.6. The van der Waals surface area contributed by atoms with Gasteiger partial charge in [-0.2, -0.15) is 0 Å². The molecule has 0 aromatic heterocycles. The van der Waals surface area contributed by atoms with E-state index in [9.17, 15) is 14.4 Å². The third-order valence-corrected chi connectivity index (χ3v) is 5.77. The Kier molecular flexibility index (Phi) is 7.27. The topological polar surface area (TPSA) is 103 Å². The van der Waals surface area contributed by atoms with Crippen molar-refractivity contribution >= 4 is 28.6 Å². The minimum atomic E-state index is -1.24. The highest BCUT2D eigenvalue weighted by Crippen LogP contribution is 2.34. The number of amides is 1. The molecule has 0 bridgehead atoms. The first kappa shape index (κ1) is 24.5. The van der Waals surface area contributed by atoms with E-state index in [2.05, 4.69) is 5.32 Å². The lowest BCUT2D eigenvalue weighted by Crippen LogP contribution is -2.53. The van der Waals surface area contributed by atoms with Crippen LogP contribution in [-0.2, 0) is 23.8 Å². The molecule has 33 heavy (non-hydrogen) atoms. The molecule has 1 N–H and O–H groups in total. The second-order valence-corrected chi connectivity index (χ2v) is 8.71. The van der Waals surface area contributed by atoms with Gasteiger partial charge in [0, 0.05) is 0 Å². The van der Waals surface area contributed by atoms with Gasteiger partial charge in [0.25, 0.3) is 5.91 Å². The van der Waals surface area contributed by atoms with Crippen molar-refractivity contribution in [2.24, 2.45) is 5.92 Å². The van der Waals surface area contributed by atoms with E-state index >= 15 is 0 Å². The molecule has 178 valence electrons. The molecule has 3 atom stereocenters. The average molecular weight is 458 g/mol. The molecule has 1 aliphatic rings. The van der Waals surface area contributed by atoms with Gasteiger partial charge in [-0.05, 0) is 55.2 Å². The fraction of sp³-hybridized carbons (Fsp3) is 0.480. The number of hydrogen-bond donors (Lipinski definition) is 1. The number of epoxide rings is 1. The Morgan fingerprint density at radius 3 is 2.45 bits per heavy atom. The summed E-state index contributed by atoms with van der Waals surface area (Å²) in [5, 5.41) is 4.21. The number of esters is 2. The quantitative estimate of drug-likeness (QED) is 0.456. The van der Waals surface area contributed by atoms with Crippen LogP contribution in [0.5, 0.6) is 5.75 Å². The summed E-state index contributed by atoms with van der Waals surface area (Å²) < 4.78 is 21.6. The first-order valence-electron chi connectivity index (χ1n) is 11.0. The molecule has 1 fully saturated rings. The van der Waals surface area contributed by atoms with Crippen molar-refractivity contribution < 1.29 is 33.3 Å². The molecule has 0 saturated carbocycles. The Labute approximate surface area is 193 Å². The van der Waals surface area contributed by atoms with Gasteiger partial charge in [-0.1, -0.05) is 32.0 Å². The van der Waals surface area contributed by atoms with Crippen molar-refractivity contribution in [2.45, 2.75) is 52.4 Å². The molecular formula is C25H31NO7. The summed E-state index contributed by atoms with van der Waals surface area (Å²) >= 11 is 0. The predicted octanol–water partition coefficient (Wildman–Crippen LogP) is 3.18. The van der Waals surface area contributed by atoms with E-state index in [-0.39, 0.29) is 24.7 Å². The molecule has 0 aliphatic carbocycles. The third-order valence-electron chi connectivity index (χ3n) is 5.77. The van der Waals surface area contributed by atoms with Crippen molar-refractivity contribution in [3.8, 4) is 5.75 Å². The van der Waals surface area contributed by atoms with Crippen molar-refractivity contribution in [2.75, 3.05) is 20.3 Å². The Morgan fingerprint density at radius 2 is 1.88 bits per heavy atom. The average Bonchev–Trinajstić information content (AvgIpc) is 3.53. The van der Waals surface area contributed by atoms with E-state index in [1.165, 1.54) is 7.11 Å². The monoisotopic (exact) mass is 457 g/mol. The predicted molar refractivity (Wildman–Crippen MR) is 122 cm³/mol. The van der Waals surface area contributed by atoms with E-state index in [0.717, 1.165) is 10.9 Å². The van der Waals surface area contributed by atoms with Crippen LogP contribution in [0.3, 0.4) is 0 Å². The van der Waals surface area contributed by atoms with Gasteiger partial charge in [0.2, 0.25) is 6.10 Å². The van der Waals surface area contributed by atoms with E-state index in [1.807, 2.05) is 31.2 Å². The number of aryl methyl sites for hydroxylation is 1. The van der Waals surface area contributed by atoms with Crippen molar-refractivity contribution in [1.82, 2.24) is 5.32 Å². The van der Waals surface area contributed by atoms with Gasteiger partial charge in [-0.25, -0.2) is 9.59 Å². The van der Waals surface area contributed by atoms with Crippen molar-refractivity contribution in [1.29, 1.82) is 0 Å². The fourth-order valence-corrected chi connectivity index (χ4v) is 3.65. The Balaban J connectivity index is 1.90. The molecule has 8 heteroatoms. The number of methoxy groups -OCH3 is 1. The summed E-state index contributed by atoms with van der Waals surface area (Å²) in [4.78, 5) is 38.7. The van der Waals surface area contributed by atoms with E-state index in [1.54, 1.807) is 33.8 Å². The van der Waals surface area contributed by atoms with Gasteiger partial charge in [-0.3, -0.25) is 4.79 Å².